The van der Waals surface area contributed by atoms with Gasteiger partial charge in [-0.3, -0.25) is 14.7 Å². The van der Waals surface area contributed by atoms with Crippen molar-refractivity contribution in [3.8, 4) is 0 Å². The Kier molecular flexibility index (Phi) is 5.41. The first-order valence-corrected chi connectivity index (χ1v) is 10.0. The van der Waals surface area contributed by atoms with Gasteiger partial charge in [-0.15, -0.1) is 0 Å². The summed E-state index contributed by atoms with van der Waals surface area (Å²) >= 11 is 6.04. The van der Waals surface area contributed by atoms with E-state index in [2.05, 4.69) is 14.9 Å². The largest absolute Gasteiger partial charge is 0.336 e. The second-order valence-corrected chi connectivity index (χ2v) is 8.22. The molecule has 142 valence electrons. The van der Waals surface area contributed by atoms with Gasteiger partial charge >= 0.3 is 0 Å². The van der Waals surface area contributed by atoms with Crippen LogP contribution < -0.4 is 0 Å². The lowest BCUT2D eigenvalue weighted by atomic mass is 9.73. The summed E-state index contributed by atoms with van der Waals surface area (Å²) in [6, 6.07) is 11.7. The SMILES string of the molecule is O=C1CC[C@]2(CCCN(Cc3cccc(Cl)n3)C2)CN1Cc1ccccn1. The molecular weight excluding hydrogens is 360 g/mol. The summed E-state index contributed by atoms with van der Waals surface area (Å²) in [4.78, 5) is 25.8. The van der Waals surface area contributed by atoms with Gasteiger partial charge in [0.05, 0.1) is 17.9 Å². The van der Waals surface area contributed by atoms with Gasteiger partial charge in [-0.1, -0.05) is 23.7 Å². The molecule has 0 bridgehead atoms. The number of piperidine rings is 2. The molecule has 2 aliphatic heterocycles. The van der Waals surface area contributed by atoms with Crippen molar-refractivity contribution in [1.29, 1.82) is 0 Å². The summed E-state index contributed by atoms with van der Waals surface area (Å²) in [5.41, 5.74) is 2.15. The lowest BCUT2D eigenvalue weighted by molar-refractivity contribution is -0.140. The topological polar surface area (TPSA) is 49.3 Å². The molecule has 0 saturated carbocycles. The van der Waals surface area contributed by atoms with Gasteiger partial charge in [-0.2, -0.15) is 0 Å². The minimum Gasteiger partial charge on any atom is -0.336 e. The Bertz CT molecular complexity index is 800. The molecule has 6 heteroatoms. The van der Waals surface area contributed by atoms with E-state index in [0.29, 0.717) is 18.1 Å². The lowest BCUT2D eigenvalue weighted by Gasteiger charge is -2.48. The first kappa shape index (κ1) is 18.4. The molecule has 2 aliphatic rings. The van der Waals surface area contributed by atoms with Crippen molar-refractivity contribution in [2.45, 2.75) is 38.8 Å². The monoisotopic (exact) mass is 384 g/mol. The maximum Gasteiger partial charge on any atom is 0.222 e. The molecule has 2 saturated heterocycles. The maximum absolute atomic E-state index is 12.5. The van der Waals surface area contributed by atoms with Crippen LogP contribution in [-0.2, 0) is 17.9 Å². The summed E-state index contributed by atoms with van der Waals surface area (Å²) in [6.45, 7) is 4.33. The molecule has 1 amide bonds. The highest BCUT2D eigenvalue weighted by atomic mass is 35.5. The molecule has 27 heavy (non-hydrogen) atoms. The Morgan fingerprint density at radius 2 is 1.93 bits per heavy atom. The predicted octanol–water partition coefficient (Wildman–Crippen LogP) is 3.53. The first-order valence-electron chi connectivity index (χ1n) is 9.63. The molecule has 0 aromatic carbocycles. The van der Waals surface area contributed by atoms with E-state index in [1.54, 1.807) is 6.20 Å². The first-order chi connectivity index (χ1) is 13.1. The van der Waals surface area contributed by atoms with Crippen LogP contribution in [0.2, 0.25) is 5.15 Å². The third kappa shape index (κ3) is 4.47. The average molecular weight is 385 g/mol. The smallest absolute Gasteiger partial charge is 0.222 e. The van der Waals surface area contributed by atoms with E-state index >= 15 is 0 Å². The van der Waals surface area contributed by atoms with Gasteiger partial charge < -0.3 is 4.90 Å². The highest BCUT2D eigenvalue weighted by molar-refractivity contribution is 6.29. The molecule has 1 spiro atoms. The number of likely N-dealkylation sites (tertiary alicyclic amines) is 2. The van der Waals surface area contributed by atoms with Crippen molar-refractivity contribution in [3.05, 3.63) is 59.1 Å². The number of carbonyl (C=O) groups excluding carboxylic acids is 1. The zero-order chi connectivity index (χ0) is 18.7. The molecule has 5 nitrogen and oxygen atoms in total. The molecule has 1 atom stereocenters. The van der Waals surface area contributed by atoms with Crippen LogP contribution in [0.5, 0.6) is 0 Å². The number of nitrogens with zero attached hydrogens (tertiary/aromatic N) is 4. The molecule has 4 rings (SSSR count). The zero-order valence-electron chi connectivity index (χ0n) is 15.5. The van der Waals surface area contributed by atoms with Crippen LogP contribution in [-0.4, -0.2) is 45.3 Å². The van der Waals surface area contributed by atoms with E-state index in [1.807, 2.05) is 41.3 Å². The number of halogens is 1. The minimum atomic E-state index is 0.180. The van der Waals surface area contributed by atoms with Crippen LogP contribution in [0, 0.1) is 5.41 Å². The number of hydrogen-bond acceptors (Lipinski definition) is 4. The Balaban J connectivity index is 1.44. The van der Waals surface area contributed by atoms with Crippen molar-refractivity contribution < 1.29 is 4.79 Å². The molecule has 0 unspecified atom stereocenters. The fourth-order valence-electron chi connectivity index (χ4n) is 4.48. The van der Waals surface area contributed by atoms with Crippen LogP contribution in [0.15, 0.2) is 42.6 Å². The molecule has 0 aliphatic carbocycles. The Morgan fingerprint density at radius 3 is 2.74 bits per heavy atom. The number of rotatable bonds is 4. The van der Waals surface area contributed by atoms with Gasteiger partial charge in [-0.25, -0.2) is 4.98 Å². The fraction of sp³-hybridized carbons (Fsp3) is 0.476. The second-order valence-electron chi connectivity index (χ2n) is 7.84. The Labute approximate surface area is 165 Å². The molecule has 2 fully saturated rings. The van der Waals surface area contributed by atoms with Crippen molar-refractivity contribution >= 4 is 17.5 Å². The molecular formula is C21H25ClN4O. The van der Waals surface area contributed by atoms with Crippen molar-refractivity contribution in [1.82, 2.24) is 19.8 Å². The van der Waals surface area contributed by atoms with E-state index in [-0.39, 0.29) is 11.3 Å². The summed E-state index contributed by atoms with van der Waals surface area (Å²) in [5.74, 6) is 0.250. The van der Waals surface area contributed by atoms with Gasteiger partial charge in [0.25, 0.3) is 0 Å². The number of amides is 1. The van der Waals surface area contributed by atoms with Crippen LogP contribution >= 0.6 is 11.6 Å². The van der Waals surface area contributed by atoms with Crippen molar-refractivity contribution in [2.24, 2.45) is 5.41 Å². The van der Waals surface area contributed by atoms with E-state index < -0.39 is 0 Å². The van der Waals surface area contributed by atoms with Gasteiger partial charge in [0, 0.05) is 37.7 Å². The number of carbonyl (C=O) groups is 1. The van der Waals surface area contributed by atoms with Gasteiger partial charge in [0.2, 0.25) is 5.91 Å². The van der Waals surface area contributed by atoms with Crippen molar-refractivity contribution in [2.75, 3.05) is 19.6 Å². The van der Waals surface area contributed by atoms with Gasteiger partial charge in [0.1, 0.15) is 5.15 Å². The lowest BCUT2D eigenvalue weighted by Crippen LogP contribution is -2.53. The Morgan fingerprint density at radius 1 is 1.04 bits per heavy atom. The minimum absolute atomic E-state index is 0.180. The van der Waals surface area contributed by atoms with Crippen LogP contribution in [0.1, 0.15) is 37.1 Å². The average Bonchev–Trinajstić information content (AvgIpc) is 2.66. The van der Waals surface area contributed by atoms with Gasteiger partial charge in [0.15, 0.2) is 0 Å². The van der Waals surface area contributed by atoms with Crippen LogP contribution in [0.4, 0.5) is 0 Å². The highest BCUT2D eigenvalue weighted by Crippen LogP contribution is 2.39. The fourth-order valence-corrected chi connectivity index (χ4v) is 4.66. The third-order valence-corrected chi connectivity index (χ3v) is 5.94. The molecule has 0 N–H and O–H groups in total. The second kappa shape index (κ2) is 7.95. The maximum atomic E-state index is 12.5. The summed E-state index contributed by atoms with van der Waals surface area (Å²) in [5, 5.41) is 0.545. The van der Waals surface area contributed by atoms with E-state index in [9.17, 15) is 4.79 Å². The normalized spacial score (nSPS) is 23.7. The molecule has 2 aromatic heterocycles. The predicted molar refractivity (Wildman–Crippen MR) is 105 cm³/mol. The highest BCUT2D eigenvalue weighted by Gasteiger charge is 2.41. The molecule has 4 heterocycles. The van der Waals surface area contributed by atoms with Crippen LogP contribution in [0.25, 0.3) is 0 Å². The van der Waals surface area contributed by atoms with Crippen LogP contribution in [0.3, 0.4) is 0 Å². The molecule has 0 radical (unpaired) electrons. The summed E-state index contributed by atoms with van der Waals surface area (Å²) in [6.07, 6.45) is 5.74. The summed E-state index contributed by atoms with van der Waals surface area (Å²) in [7, 11) is 0. The number of pyridine rings is 2. The van der Waals surface area contributed by atoms with E-state index in [1.165, 1.54) is 6.42 Å². The van der Waals surface area contributed by atoms with Gasteiger partial charge in [-0.05, 0) is 50.1 Å². The van der Waals surface area contributed by atoms with E-state index in [4.69, 9.17) is 11.6 Å². The number of aromatic nitrogens is 2. The molecule has 2 aromatic rings. The summed E-state index contributed by atoms with van der Waals surface area (Å²) < 4.78 is 0. The Hall–Kier alpha value is -1.98. The van der Waals surface area contributed by atoms with E-state index in [0.717, 1.165) is 50.4 Å². The van der Waals surface area contributed by atoms with Crippen molar-refractivity contribution in [3.63, 3.8) is 0 Å². The number of hydrogen-bond donors (Lipinski definition) is 0. The quantitative estimate of drug-likeness (QED) is 0.756. The zero-order valence-corrected chi connectivity index (χ0v) is 16.2. The third-order valence-electron chi connectivity index (χ3n) is 5.73. The standard InChI is InChI=1S/C21H25ClN4O/c22-19-7-3-6-18(24-19)13-25-12-4-9-21(15-25)10-8-20(27)26(16-21)14-17-5-1-2-11-23-17/h1-3,5-7,11H,4,8-10,12-16H2/t21-/m0/s1.